The molecule has 0 bridgehead atoms. The van der Waals surface area contributed by atoms with Crippen LogP contribution in [0.5, 0.6) is 5.75 Å². The molecule has 0 saturated heterocycles. The molecule has 0 radical (unpaired) electrons. The van der Waals surface area contributed by atoms with Gasteiger partial charge in [0.15, 0.2) is 11.6 Å². The van der Waals surface area contributed by atoms with Crippen molar-refractivity contribution in [3.8, 4) is 5.75 Å². The van der Waals surface area contributed by atoms with Crippen molar-refractivity contribution in [1.82, 2.24) is 4.90 Å². The highest BCUT2D eigenvalue weighted by molar-refractivity contribution is 6.35. The molecule has 2 atom stereocenters. The fraction of sp³-hybridized carbons (Fsp3) is 0.286. The number of hydrogen-bond donors (Lipinski definition) is 1. The first-order valence-corrected chi connectivity index (χ1v) is 12.4. The highest BCUT2D eigenvalue weighted by atomic mass is 35.5. The monoisotopic (exact) mass is 526 g/mol. The Morgan fingerprint density at radius 1 is 1.08 bits per heavy atom. The van der Waals surface area contributed by atoms with E-state index in [9.17, 15) is 4.79 Å². The minimum absolute atomic E-state index is 0.0702. The van der Waals surface area contributed by atoms with E-state index in [2.05, 4.69) is 0 Å². The predicted octanol–water partition coefficient (Wildman–Crippen LogP) is 5.34. The molecular formula is C28H28Cl2N2O4. The van der Waals surface area contributed by atoms with Gasteiger partial charge in [0.05, 0.1) is 6.61 Å². The largest absolute Gasteiger partial charge is 0.494 e. The molecule has 0 aromatic heterocycles. The number of ether oxygens (including phenoxy) is 2. The van der Waals surface area contributed by atoms with Crippen LogP contribution in [0.2, 0.25) is 10.0 Å². The molecule has 0 spiro atoms. The molecule has 3 aromatic carbocycles. The Hall–Kier alpha value is -3.06. The van der Waals surface area contributed by atoms with Crippen LogP contribution in [0.15, 0.2) is 77.8 Å². The summed E-state index contributed by atoms with van der Waals surface area (Å²) in [5.74, 6) is 0.823. The first kappa shape index (κ1) is 26.0. The Morgan fingerprint density at radius 3 is 2.44 bits per heavy atom. The van der Waals surface area contributed by atoms with Gasteiger partial charge in [-0.3, -0.25) is 4.79 Å². The lowest BCUT2D eigenvalue weighted by atomic mass is 9.81. The number of likely N-dealkylation sites (N-methyl/N-ethyl adjacent to an activating group) is 1. The third kappa shape index (κ3) is 5.51. The first-order chi connectivity index (χ1) is 17.3. The highest BCUT2D eigenvalue weighted by Gasteiger charge is 2.54. The second-order valence-corrected chi connectivity index (χ2v) is 9.66. The van der Waals surface area contributed by atoms with Crippen molar-refractivity contribution < 1.29 is 19.4 Å². The second kappa shape index (κ2) is 11.3. The van der Waals surface area contributed by atoms with Crippen LogP contribution >= 0.6 is 23.2 Å². The molecule has 1 amide bonds. The molecule has 3 aromatic rings. The molecule has 4 rings (SSSR count). The van der Waals surface area contributed by atoms with Crippen LogP contribution in [-0.2, 0) is 16.0 Å². The van der Waals surface area contributed by atoms with Crippen molar-refractivity contribution in [2.75, 3.05) is 27.3 Å². The van der Waals surface area contributed by atoms with Gasteiger partial charge in [0, 0.05) is 54.7 Å². The van der Waals surface area contributed by atoms with Gasteiger partial charge in [-0.05, 0) is 42.0 Å². The standard InChI is InChI=1S/C28H28Cl2N2O4/c1-32(2)27(34)28(18-19-7-4-3-5-8-19)25(23-14-11-21(29)17-24(23)30)36-26(31-28)20-9-12-22(13-10-20)35-16-6-15-33/h3-5,7-14,17,25,33H,6,15-16,18H2,1-2H3/t25-,28-/m1/s1. The molecule has 1 heterocycles. The normalized spacial score (nSPS) is 18.9. The van der Waals surface area contributed by atoms with Crippen molar-refractivity contribution in [3.63, 3.8) is 0 Å². The highest BCUT2D eigenvalue weighted by Crippen LogP contribution is 2.45. The zero-order valence-electron chi connectivity index (χ0n) is 20.2. The van der Waals surface area contributed by atoms with E-state index in [4.69, 9.17) is 42.8 Å². The quantitative estimate of drug-likeness (QED) is 0.382. The van der Waals surface area contributed by atoms with Crippen molar-refractivity contribution in [2.45, 2.75) is 24.5 Å². The number of nitrogens with zero attached hydrogens (tertiary/aromatic N) is 2. The maximum Gasteiger partial charge on any atom is 0.254 e. The van der Waals surface area contributed by atoms with Gasteiger partial charge in [-0.1, -0.05) is 59.6 Å². The van der Waals surface area contributed by atoms with Gasteiger partial charge in [0.2, 0.25) is 5.90 Å². The zero-order valence-corrected chi connectivity index (χ0v) is 21.7. The minimum Gasteiger partial charge on any atom is -0.494 e. The molecule has 1 N–H and O–H groups in total. The Morgan fingerprint density at radius 2 is 1.81 bits per heavy atom. The van der Waals surface area contributed by atoms with Crippen molar-refractivity contribution in [2.24, 2.45) is 4.99 Å². The molecule has 0 fully saturated rings. The Labute approximate surface area is 221 Å². The van der Waals surface area contributed by atoms with Crippen molar-refractivity contribution in [3.05, 3.63) is 99.5 Å². The Balaban J connectivity index is 1.80. The average Bonchev–Trinajstić information content (AvgIpc) is 3.24. The van der Waals surface area contributed by atoms with Gasteiger partial charge in [-0.25, -0.2) is 4.99 Å². The van der Waals surface area contributed by atoms with Gasteiger partial charge >= 0.3 is 0 Å². The number of carbonyl (C=O) groups excluding carboxylic acids is 1. The van der Waals surface area contributed by atoms with Gasteiger partial charge in [0.25, 0.3) is 5.91 Å². The maximum absolute atomic E-state index is 13.8. The zero-order chi connectivity index (χ0) is 25.7. The topological polar surface area (TPSA) is 71.4 Å². The molecule has 1 aliphatic heterocycles. The van der Waals surface area contributed by atoms with E-state index in [-0.39, 0.29) is 12.5 Å². The summed E-state index contributed by atoms with van der Waals surface area (Å²) in [7, 11) is 3.42. The van der Waals surface area contributed by atoms with Gasteiger partial charge in [-0.15, -0.1) is 0 Å². The summed E-state index contributed by atoms with van der Waals surface area (Å²) in [6, 6.07) is 22.2. The third-order valence-corrected chi connectivity index (χ3v) is 6.54. The van der Waals surface area contributed by atoms with E-state index in [1.807, 2.05) is 54.6 Å². The molecule has 1 aliphatic rings. The van der Waals surface area contributed by atoms with Crippen LogP contribution in [0.1, 0.15) is 29.2 Å². The number of halogens is 2. The van der Waals surface area contributed by atoms with E-state index >= 15 is 0 Å². The minimum atomic E-state index is -1.28. The van der Waals surface area contributed by atoms with Crippen molar-refractivity contribution in [1.29, 1.82) is 0 Å². The van der Waals surface area contributed by atoms with Crippen LogP contribution in [0, 0.1) is 0 Å². The maximum atomic E-state index is 13.8. The SMILES string of the molecule is CN(C)C(=O)[C@]1(Cc2ccccc2)N=C(c2ccc(OCCCO)cc2)O[C@@H]1c1ccc(Cl)cc1Cl. The van der Waals surface area contributed by atoms with Gasteiger partial charge in [0.1, 0.15) is 5.75 Å². The third-order valence-electron chi connectivity index (χ3n) is 5.97. The number of benzene rings is 3. The molecule has 8 heteroatoms. The number of aliphatic hydroxyl groups is 1. The fourth-order valence-electron chi connectivity index (χ4n) is 4.25. The molecule has 0 aliphatic carbocycles. The molecule has 0 saturated carbocycles. The van der Waals surface area contributed by atoms with E-state index in [1.165, 1.54) is 4.90 Å². The average molecular weight is 527 g/mol. The summed E-state index contributed by atoms with van der Waals surface area (Å²) < 4.78 is 12.1. The molecule has 6 nitrogen and oxygen atoms in total. The van der Waals surface area contributed by atoms with Gasteiger partial charge in [-0.2, -0.15) is 0 Å². The van der Waals surface area contributed by atoms with Gasteiger partial charge < -0.3 is 19.5 Å². The van der Waals surface area contributed by atoms with E-state index in [0.29, 0.717) is 52.3 Å². The van der Waals surface area contributed by atoms with E-state index in [0.717, 1.165) is 5.56 Å². The Bertz CT molecular complexity index is 1230. The summed E-state index contributed by atoms with van der Waals surface area (Å²) in [5.41, 5.74) is 1.01. The lowest BCUT2D eigenvalue weighted by Gasteiger charge is -2.33. The predicted molar refractivity (Wildman–Crippen MR) is 142 cm³/mol. The Kier molecular flexibility index (Phi) is 8.19. The van der Waals surface area contributed by atoms with Crippen LogP contribution in [0.4, 0.5) is 0 Å². The van der Waals surface area contributed by atoms with E-state index in [1.54, 1.807) is 32.3 Å². The smallest absolute Gasteiger partial charge is 0.254 e. The van der Waals surface area contributed by atoms with Crippen molar-refractivity contribution >= 4 is 35.0 Å². The summed E-state index contributed by atoms with van der Waals surface area (Å²) in [5, 5.41) is 9.86. The van der Waals surface area contributed by atoms with Crippen LogP contribution in [-0.4, -0.2) is 54.7 Å². The molecule has 0 unspecified atom stereocenters. The number of amides is 1. The summed E-state index contributed by atoms with van der Waals surface area (Å²) >= 11 is 12.8. The summed E-state index contributed by atoms with van der Waals surface area (Å²) in [4.78, 5) is 20.3. The number of carbonyl (C=O) groups is 1. The molecule has 36 heavy (non-hydrogen) atoms. The summed E-state index contributed by atoms with van der Waals surface area (Å²) in [6.45, 7) is 0.489. The van der Waals surface area contributed by atoms with E-state index < -0.39 is 11.6 Å². The molecule has 188 valence electrons. The first-order valence-electron chi connectivity index (χ1n) is 11.7. The summed E-state index contributed by atoms with van der Waals surface area (Å²) in [6.07, 6.45) is 0.101. The lowest BCUT2D eigenvalue weighted by molar-refractivity contribution is -0.137. The fourth-order valence-corrected chi connectivity index (χ4v) is 4.76. The van der Waals surface area contributed by atoms with Crippen LogP contribution in [0.25, 0.3) is 0 Å². The van der Waals surface area contributed by atoms with Crippen LogP contribution in [0.3, 0.4) is 0 Å². The number of aliphatic hydroxyl groups excluding tert-OH is 1. The lowest BCUT2D eigenvalue weighted by Crippen LogP contribution is -2.49. The molecular weight excluding hydrogens is 499 g/mol. The number of hydrogen-bond acceptors (Lipinski definition) is 5. The number of aliphatic imine (C=N–C) groups is 1. The second-order valence-electron chi connectivity index (χ2n) is 8.82. The number of rotatable bonds is 9. The van der Waals surface area contributed by atoms with Crippen LogP contribution < -0.4 is 4.74 Å².